The second-order valence-corrected chi connectivity index (χ2v) is 9.83. The molecule has 2 N–H and O–H groups in total. The zero-order valence-corrected chi connectivity index (χ0v) is 22.9. The average molecular weight is 551 g/mol. The fourth-order valence-electron chi connectivity index (χ4n) is 3.90. The lowest BCUT2D eigenvalue weighted by atomic mass is 10.4. The van der Waals surface area contributed by atoms with Crippen LogP contribution in [0.15, 0.2) is 42.4 Å². The first-order valence-electron chi connectivity index (χ1n) is 11.3. The number of fused-ring (bicyclic) bond motifs is 2. The maximum Gasteiger partial charge on any atom is 0.273 e. The molecule has 2 aliphatic heterocycles. The first kappa shape index (κ1) is 24.0. The van der Waals surface area contributed by atoms with Gasteiger partial charge in [-0.3, -0.25) is 10.9 Å². The van der Waals surface area contributed by atoms with Crippen molar-refractivity contribution in [2.24, 2.45) is 20.0 Å². The van der Waals surface area contributed by atoms with Gasteiger partial charge in [0, 0.05) is 11.4 Å². The van der Waals surface area contributed by atoms with Crippen molar-refractivity contribution in [3.8, 4) is 0 Å². The van der Waals surface area contributed by atoms with Crippen molar-refractivity contribution < 1.29 is 0 Å². The van der Waals surface area contributed by atoms with Gasteiger partial charge in [-0.1, -0.05) is 23.5 Å². The number of rotatable bonds is 3. The largest absolute Gasteiger partial charge is 0.273 e. The second kappa shape index (κ2) is 9.21. The van der Waals surface area contributed by atoms with E-state index in [1.807, 2.05) is 52.3 Å². The van der Waals surface area contributed by atoms with Crippen molar-refractivity contribution in [1.82, 2.24) is 49.3 Å². The monoisotopic (exact) mass is 550 g/mol. The van der Waals surface area contributed by atoms with Gasteiger partial charge in [0.25, 0.3) is 11.9 Å². The van der Waals surface area contributed by atoms with Crippen LogP contribution >= 0.6 is 23.5 Å². The van der Waals surface area contributed by atoms with Crippen LogP contribution in [0.1, 0.15) is 22.8 Å². The van der Waals surface area contributed by atoms with Crippen molar-refractivity contribution in [2.45, 2.75) is 38.0 Å². The summed E-state index contributed by atoms with van der Waals surface area (Å²) in [5, 5.41) is 27.3. The van der Waals surface area contributed by atoms with E-state index in [0.717, 1.165) is 22.8 Å². The van der Waals surface area contributed by atoms with Crippen LogP contribution in [-0.2, 0) is 0 Å². The molecular formula is C20H22N16S2. The Balaban J connectivity index is 1.58. The topological polar surface area (TPSA) is 171 Å². The lowest BCUT2D eigenvalue weighted by molar-refractivity contribution is 0.799. The third-order valence-corrected chi connectivity index (χ3v) is 6.74. The molecule has 6 rings (SSSR count). The molecule has 0 unspecified atom stereocenters. The number of thioether (sulfide) groups is 2. The van der Waals surface area contributed by atoms with E-state index in [0.29, 0.717) is 22.2 Å². The van der Waals surface area contributed by atoms with Crippen molar-refractivity contribution in [2.75, 3.05) is 23.4 Å². The highest BCUT2D eigenvalue weighted by Gasteiger charge is 2.27. The summed E-state index contributed by atoms with van der Waals surface area (Å²) in [4.78, 5) is 19.0. The maximum absolute atomic E-state index is 4.80. The molecule has 0 atom stereocenters. The summed E-state index contributed by atoms with van der Waals surface area (Å²) in [6.45, 7) is 7.70. The fourth-order valence-corrected chi connectivity index (χ4v) is 4.76. The molecule has 0 aliphatic carbocycles. The number of aryl methyl sites for hydroxylation is 4. The summed E-state index contributed by atoms with van der Waals surface area (Å²) in [5.74, 6) is 1.63. The number of hydrogen-bond donors (Lipinski definition) is 2. The Morgan fingerprint density at radius 3 is 1.37 bits per heavy atom. The molecule has 0 aromatic carbocycles. The molecule has 2 aliphatic rings. The van der Waals surface area contributed by atoms with Crippen LogP contribution in [0.4, 0.5) is 11.9 Å². The molecule has 4 aromatic rings. The third kappa shape index (κ3) is 4.06. The van der Waals surface area contributed by atoms with Crippen molar-refractivity contribution >= 4 is 59.0 Å². The van der Waals surface area contributed by atoms with Gasteiger partial charge in [-0.2, -0.15) is 39.5 Å². The Hall–Kier alpha value is -4.32. The molecule has 4 aromatic heterocycles. The quantitative estimate of drug-likeness (QED) is 0.357. The fraction of sp³-hybridized carbons (Fsp3) is 0.300. The van der Waals surface area contributed by atoms with Crippen LogP contribution < -0.4 is 10.9 Å². The van der Waals surface area contributed by atoms with Crippen LogP contribution in [0.25, 0.3) is 0 Å². The lowest BCUT2D eigenvalue weighted by Crippen LogP contribution is -2.32. The number of aromatic nitrogens is 10. The zero-order valence-electron chi connectivity index (χ0n) is 21.2. The Kier molecular flexibility index (Phi) is 5.83. The van der Waals surface area contributed by atoms with E-state index in [1.165, 1.54) is 23.5 Å². The van der Waals surface area contributed by atoms with E-state index >= 15 is 0 Å². The van der Waals surface area contributed by atoms with Crippen LogP contribution in [0, 0.1) is 27.7 Å². The van der Waals surface area contributed by atoms with Gasteiger partial charge in [0.15, 0.2) is 0 Å². The van der Waals surface area contributed by atoms with Crippen LogP contribution in [0.2, 0.25) is 0 Å². The molecule has 0 bridgehead atoms. The predicted octanol–water partition coefficient (Wildman–Crippen LogP) is 1.62. The minimum Gasteiger partial charge on any atom is -0.256 e. The number of hydrogen-bond acceptors (Lipinski definition) is 14. The molecule has 0 saturated carbocycles. The third-order valence-electron chi connectivity index (χ3n) is 5.48. The van der Waals surface area contributed by atoms with E-state index in [2.05, 4.69) is 51.4 Å². The molecule has 6 heterocycles. The predicted molar refractivity (Wildman–Crippen MR) is 146 cm³/mol. The van der Waals surface area contributed by atoms with Gasteiger partial charge in [-0.05, 0) is 52.3 Å². The molecule has 0 radical (unpaired) electrons. The summed E-state index contributed by atoms with van der Waals surface area (Å²) >= 11 is 2.83. The summed E-state index contributed by atoms with van der Waals surface area (Å²) in [6, 6.07) is 3.90. The molecule has 16 nitrogen and oxygen atoms in total. The van der Waals surface area contributed by atoms with Crippen molar-refractivity contribution in [1.29, 1.82) is 0 Å². The smallest absolute Gasteiger partial charge is 0.256 e. The Morgan fingerprint density at radius 2 is 1.03 bits per heavy atom. The van der Waals surface area contributed by atoms with Gasteiger partial charge in [0.05, 0.1) is 11.4 Å². The highest BCUT2D eigenvalue weighted by Crippen LogP contribution is 2.23. The van der Waals surface area contributed by atoms with E-state index < -0.39 is 0 Å². The summed E-state index contributed by atoms with van der Waals surface area (Å²) in [5.41, 5.74) is 9.88. The molecule has 18 heteroatoms. The van der Waals surface area contributed by atoms with Gasteiger partial charge in [-0.25, -0.2) is 9.36 Å². The number of amidine groups is 2. The van der Waals surface area contributed by atoms with Crippen LogP contribution in [0.5, 0.6) is 0 Å². The van der Waals surface area contributed by atoms with Gasteiger partial charge in [0.2, 0.25) is 33.9 Å². The zero-order chi connectivity index (χ0) is 26.6. The molecular weight excluding hydrogens is 528 g/mol. The van der Waals surface area contributed by atoms with E-state index in [4.69, 9.17) is 9.98 Å². The minimum atomic E-state index is 0.168. The Labute approximate surface area is 224 Å². The first-order valence-corrected chi connectivity index (χ1v) is 13.7. The van der Waals surface area contributed by atoms with E-state index in [1.54, 1.807) is 18.7 Å². The molecule has 194 valence electrons. The van der Waals surface area contributed by atoms with E-state index in [9.17, 15) is 0 Å². The standard InChI is InChI=1S/C20H22N16S2/c1-9-7-11(3)33(29-9)17-23-13(21-15-25-27-19(37-5)35(15)31-17)14-22-16-26-28-20(38-6)36(16)32-18(24-14)34-12(4)8-10(2)30-34/h7-8H,1-6H3,(H,21,23,25,31)(H,22,24,26,32). The summed E-state index contributed by atoms with van der Waals surface area (Å²) < 4.78 is 6.64. The number of nitrogens with one attached hydrogen (secondary N) is 2. The van der Waals surface area contributed by atoms with Gasteiger partial charge < -0.3 is 0 Å². The number of aliphatic imine (C=N–C) groups is 4. The van der Waals surface area contributed by atoms with Gasteiger partial charge >= 0.3 is 0 Å². The van der Waals surface area contributed by atoms with Crippen LogP contribution in [0.3, 0.4) is 0 Å². The molecule has 0 spiro atoms. The first-order chi connectivity index (χ1) is 18.3. The SMILES string of the molecule is CSc1nnc2n1NC(n1nc(C)cc1C)=NC(C1=Nc3nnc(SC)n3NC(n3nc(C)cc3C)=N1)=N2. The second-order valence-electron chi connectivity index (χ2n) is 8.29. The molecule has 0 saturated heterocycles. The van der Waals surface area contributed by atoms with Gasteiger partial charge in [-0.15, -0.1) is 20.4 Å². The maximum atomic E-state index is 4.80. The van der Waals surface area contributed by atoms with Crippen molar-refractivity contribution in [3.05, 3.63) is 34.9 Å². The Morgan fingerprint density at radius 1 is 0.605 bits per heavy atom. The lowest BCUT2D eigenvalue weighted by Gasteiger charge is -2.12. The molecule has 38 heavy (non-hydrogen) atoms. The summed E-state index contributed by atoms with van der Waals surface area (Å²) in [6.07, 6.45) is 3.80. The number of nitrogens with zero attached hydrogens (tertiary/aromatic N) is 14. The van der Waals surface area contributed by atoms with E-state index in [-0.39, 0.29) is 23.6 Å². The highest BCUT2D eigenvalue weighted by atomic mass is 32.2. The van der Waals surface area contributed by atoms with Gasteiger partial charge in [0.1, 0.15) is 0 Å². The molecule has 0 fully saturated rings. The van der Waals surface area contributed by atoms with Crippen LogP contribution in [-0.4, -0.2) is 85.4 Å². The molecule has 0 amide bonds. The minimum absolute atomic E-state index is 0.168. The highest BCUT2D eigenvalue weighted by molar-refractivity contribution is 7.98. The summed E-state index contributed by atoms with van der Waals surface area (Å²) in [7, 11) is 0. The average Bonchev–Trinajstić information content (AvgIpc) is 3.57. The Bertz CT molecular complexity index is 1570. The van der Waals surface area contributed by atoms with Crippen molar-refractivity contribution in [3.63, 3.8) is 0 Å². The normalized spacial score (nSPS) is 14.8.